The van der Waals surface area contributed by atoms with Crippen LogP contribution in [0.15, 0.2) is 47.0 Å². The molecule has 3 fully saturated rings. The number of benzene rings is 1. The third-order valence-corrected chi connectivity index (χ3v) is 8.59. The smallest absolute Gasteiger partial charge is 0.246 e. The maximum absolute atomic E-state index is 14.3. The van der Waals surface area contributed by atoms with Gasteiger partial charge in [0.2, 0.25) is 17.7 Å². The number of hydrogen-bond acceptors (Lipinski definition) is 7. The van der Waals surface area contributed by atoms with Gasteiger partial charge in [0.1, 0.15) is 17.4 Å². The quantitative estimate of drug-likeness (QED) is 0.431. The minimum absolute atomic E-state index is 0.00914. The number of hydrogen-bond donors (Lipinski definition) is 2. The Morgan fingerprint density at radius 1 is 1.08 bits per heavy atom. The van der Waals surface area contributed by atoms with Crippen LogP contribution in [0.2, 0.25) is 0 Å². The second kappa shape index (κ2) is 9.15. The van der Waals surface area contributed by atoms with Gasteiger partial charge in [0, 0.05) is 23.4 Å². The number of Topliss-reactive ketones (excluding diaryl/α,β-unsaturated/α-hetero) is 1. The van der Waals surface area contributed by atoms with E-state index in [4.69, 9.17) is 9.26 Å². The molecule has 0 radical (unpaired) electrons. The van der Waals surface area contributed by atoms with Crippen molar-refractivity contribution in [3.63, 3.8) is 0 Å². The van der Waals surface area contributed by atoms with Crippen molar-refractivity contribution in [1.82, 2.24) is 10.5 Å². The van der Waals surface area contributed by atoms with Gasteiger partial charge in [-0.2, -0.15) is 0 Å². The van der Waals surface area contributed by atoms with Gasteiger partial charge in [0.15, 0.2) is 11.6 Å². The van der Waals surface area contributed by atoms with E-state index in [0.717, 1.165) is 32.1 Å². The van der Waals surface area contributed by atoms with E-state index in [0.29, 0.717) is 17.0 Å². The Labute approximate surface area is 226 Å². The highest BCUT2D eigenvalue weighted by Crippen LogP contribution is 2.60. The summed E-state index contributed by atoms with van der Waals surface area (Å²) in [6.45, 7) is 4.93. The summed E-state index contributed by atoms with van der Waals surface area (Å²) < 4.78 is 11.6. The van der Waals surface area contributed by atoms with E-state index in [2.05, 4.69) is 15.8 Å². The second-order valence-electron chi connectivity index (χ2n) is 11.3. The molecule has 6 rings (SSSR count). The summed E-state index contributed by atoms with van der Waals surface area (Å²) in [7, 11) is 0. The average Bonchev–Trinajstić information content (AvgIpc) is 3.61. The molecular weight excluding hydrogens is 500 g/mol. The van der Waals surface area contributed by atoms with Crippen molar-refractivity contribution >= 4 is 35.0 Å². The van der Waals surface area contributed by atoms with Crippen LogP contribution in [0.3, 0.4) is 0 Å². The summed E-state index contributed by atoms with van der Waals surface area (Å²) in [6, 6.07) is 7.23. The molecule has 0 unspecified atom stereocenters. The Balaban J connectivity index is 1.41. The lowest BCUT2D eigenvalue weighted by Gasteiger charge is -2.34. The summed E-state index contributed by atoms with van der Waals surface area (Å²) in [4.78, 5) is 55.6. The SMILES string of the molecule is CC(=O)c1cccc(N2C(=O)[C@H]3[C@H](C(=O)Nc4cc(C)on4)[C@]4(C)C=C[C@]3(O4)[C@H]2C(=O)NC2CCCCC2)c1. The molecule has 4 heterocycles. The van der Waals surface area contributed by atoms with E-state index in [1.165, 1.54) is 11.8 Å². The summed E-state index contributed by atoms with van der Waals surface area (Å²) in [6.07, 6.45) is 8.51. The van der Waals surface area contributed by atoms with E-state index in [1.54, 1.807) is 56.3 Å². The number of ketones is 1. The molecule has 1 aliphatic carbocycles. The average molecular weight is 533 g/mol. The van der Waals surface area contributed by atoms with Crippen molar-refractivity contribution < 1.29 is 28.4 Å². The number of carbonyl (C=O) groups is 4. The summed E-state index contributed by atoms with van der Waals surface area (Å²) in [5, 5.41) is 9.79. The predicted octanol–water partition coefficient (Wildman–Crippen LogP) is 3.32. The van der Waals surface area contributed by atoms with Crippen LogP contribution in [0.4, 0.5) is 11.5 Å². The third-order valence-electron chi connectivity index (χ3n) is 8.59. The largest absolute Gasteiger partial charge is 0.360 e. The number of anilines is 2. The standard InChI is InChI=1S/C29H32N4O6/c1-16-14-21(32-38-16)31-25(35)22-23-27(37)33(20-11-7-8-18(15-20)17(2)34)24(29(23)13-12-28(22,3)39-29)26(36)30-19-9-5-4-6-10-19/h7-8,11-15,19,22-24H,4-6,9-10H2,1-3H3,(H,30,36)(H,31,32,35)/t22-,23-,24-,28+,29-/m1/s1. The molecule has 4 aliphatic rings. The van der Waals surface area contributed by atoms with Crippen LogP contribution in [0.1, 0.15) is 62.1 Å². The molecule has 39 heavy (non-hydrogen) atoms. The molecule has 1 aromatic carbocycles. The van der Waals surface area contributed by atoms with Crippen molar-refractivity contribution in [2.75, 3.05) is 10.2 Å². The molecule has 2 bridgehead atoms. The van der Waals surface area contributed by atoms with E-state index < -0.39 is 40.9 Å². The van der Waals surface area contributed by atoms with Crippen LogP contribution >= 0.6 is 0 Å². The molecule has 2 saturated heterocycles. The normalized spacial score (nSPS) is 31.4. The fourth-order valence-corrected chi connectivity index (χ4v) is 6.84. The van der Waals surface area contributed by atoms with E-state index >= 15 is 0 Å². The molecule has 10 nitrogen and oxygen atoms in total. The van der Waals surface area contributed by atoms with Crippen molar-refractivity contribution in [2.24, 2.45) is 11.8 Å². The number of aryl methyl sites for hydroxylation is 1. The Hall–Kier alpha value is -3.79. The molecule has 10 heteroatoms. The predicted molar refractivity (Wildman–Crippen MR) is 141 cm³/mol. The molecule has 2 N–H and O–H groups in total. The molecule has 1 saturated carbocycles. The first kappa shape index (κ1) is 25.5. The van der Waals surface area contributed by atoms with Gasteiger partial charge in [-0.25, -0.2) is 0 Å². The van der Waals surface area contributed by atoms with Gasteiger partial charge in [-0.05, 0) is 45.7 Å². The summed E-state index contributed by atoms with van der Waals surface area (Å²) in [5.41, 5.74) is -1.61. The molecule has 3 aliphatic heterocycles. The number of carbonyl (C=O) groups excluding carboxylic acids is 4. The zero-order valence-electron chi connectivity index (χ0n) is 22.2. The maximum Gasteiger partial charge on any atom is 0.246 e. The lowest BCUT2D eigenvalue weighted by molar-refractivity contribution is -0.131. The molecule has 3 amide bonds. The number of nitrogens with zero attached hydrogens (tertiary/aromatic N) is 2. The van der Waals surface area contributed by atoms with E-state index in [-0.39, 0.29) is 23.6 Å². The van der Waals surface area contributed by atoms with Crippen LogP contribution in [0.25, 0.3) is 0 Å². The second-order valence-corrected chi connectivity index (χ2v) is 11.3. The molecule has 2 aromatic rings. The zero-order valence-corrected chi connectivity index (χ0v) is 22.2. The number of amides is 3. The van der Waals surface area contributed by atoms with Crippen LogP contribution in [0, 0.1) is 18.8 Å². The van der Waals surface area contributed by atoms with Crippen molar-refractivity contribution in [1.29, 1.82) is 0 Å². The number of fused-ring (bicyclic) bond motifs is 1. The topological polar surface area (TPSA) is 131 Å². The molecule has 1 aromatic heterocycles. The number of aromatic nitrogens is 1. The van der Waals surface area contributed by atoms with Crippen LogP contribution < -0.4 is 15.5 Å². The van der Waals surface area contributed by atoms with Gasteiger partial charge in [-0.15, -0.1) is 0 Å². The Bertz CT molecular complexity index is 1390. The Morgan fingerprint density at radius 3 is 2.54 bits per heavy atom. The zero-order chi connectivity index (χ0) is 27.5. The summed E-state index contributed by atoms with van der Waals surface area (Å²) >= 11 is 0. The maximum atomic E-state index is 14.3. The van der Waals surface area contributed by atoms with Crippen molar-refractivity contribution in [3.8, 4) is 0 Å². The van der Waals surface area contributed by atoms with Crippen LogP contribution in [0.5, 0.6) is 0 Å². The van der Waals surface area contributed by atoms with Gasteiger partial charge in [0.25, 0.3) is 0 Å². The van der Waals surface area contributed by atoms with Gasteiger partial charge < -0.3 is 19.9 Å². The number of ether oxygens (including phenoxy) is 1. The van der Waals surface area contributed by atoms with Gasteiger partial charge >= 0.3 is 0 Å². The highest BCUT2D eigenvalue weighted by Gasteiger charge is 2.76. The fourth-order valence-electron chi connectivity index (χ4n) is 6.84. The first-order valence-electron chi connectivity index (χ1n) is 13.5. The molecule has 1 spiro atoms. The molecule has 5 atom stereocenters. The first-order chi connectivity index (χ1) is 18.6. The molecule has 204 valence electrons. The van der Waals surface area contributed by atoms with Crippen molar-refractivity contribution in [2.45, 2.75) is 76.2 Å². The first-order valence-corrected chi connectivity index (χ1v) is 13.5. The van der Waals surface area contributed by atoms with Gasteiger partial charge in [-0.3, -0.25) is 24.1 Å². The summed E-state index contributed by atoms with van der Waals surface area (Å²) in [5.74, 6) is -2.43. The van der Waals surface area contributed by atoms with Crippen LogP contribution in [-0.2, 0) is 19.1 Å². The van der Waals surface area contributed by atoms with Gasteiger partial charge in [-0.1, -0.05) is 48.7 Å². The monoisotopic (exact) mass is 532 g/mol. The highest BCUT2D eigenvalue weighted by molar-refractivity contribution is 6.12. The Kier molecular flexibility index (Phi) is 5.98. The lowest BCUT2D eigenvalue weighted by Crippen LogP contribution is -2.56. The number of rotatable bonds is 6. The third kappa shape index (κ3) is 4.00. The van der Waals surface area contributed by atoms with Crippen LogP contribution in [-0.4, -0.2) is 51.9 Å². The minimum Gasteiger partial charge on any atom is -0.360 e. The van der Waals surface area contributed by atoms with Crippen molar-refractivity contribution in [3.05, 3.63) is 53.8 Å². The minimum atomic E-state index is -1.35. The lowest BCUT2D eigenvalue weighted by atomic mass is 9.70. The van der Waals surface area contributed by atoms with E-state index in [9.17, 15) is 19.2 Å². The Morgan fingerprint density at radius 2 is 1.85 bits per heavy atom. The van der Waals surface area contributed by atoms with Gasteiger partial charge in [0.05, 0.1) is 17.4 Å². The van der Waals surface area contributed by atoms with E-state index in [1.807, 2.05) is 0 Å². The number of nitrogens with one attached hydrogen (secondary N) is 2. The molecular formula is C29H32N4O6. The highest BCUT2D eigenvalue weighted by atomic mass is 16.5. The fraction of sp³-hybridized carbons (Fsp3) is 0.483.